The number of aromatic amines is 1. The zero-order valence-corrected chi connectivity index (χ0v) is 30.2. The third-order valence-electron chi connectivity index (χ3n) is 9.28. The van der Waals surface area contributed by atoms with Crippen LogP contribution in [0.4, 0.5) is 0 Å². The van der Waals surface area contributed by atoms with E-state index < -0.39 is 11.4 Å². The van der Waals surface area contributed by atoms with E-state index in [1.807, 2.05) is 68.4 Å². The summed E-state index contributed by atoms with van der Waals surface area (Å²) >= 11 is 1.75. The van der Waals surface area contributed by atoms with Gasteiger partial charge in [0.15, 0.2) is 0 Å². The number of aliphatic carboxylic acids is 1. The summed E-state index contributed by atoms with van der Waals surface area (Å²) in [4.78, 5) is 27.3. The van der Waals surface area contributed by atoms with Crippen LogP contribution in [0.1, 0.15) is 70.3 Å². The Morgan fingerprint density at radius 1 is 0.940 bits per heavy atom. The molecule has 9 nitrogen and oxygen atoms in total. The molecule has 0 fully saturated rings. The maximum atomic E-state index is 13.3. The minimum absolute atomic E-state index is 0.142. The van der Waals surface area contributed by atoms with Gasteiger partial charge < -0.3 is 19.6 Å². The summed E-state index contributed by atoms with van der Waals surface area (Å²) in [5, 5.41) is 20.3. The van der Waals surface area contributed by atoms with Crippen LogP contribution in [-0.4, -0.2) is 48.1 Å². The van der Waals surface area contributed by atoms with Crippen molar-refractivity contribution in [1.82, 2.24) is 25.1 Å². The van der Waals surface area contributed by atoms with Gasteiger partial charge in [-0.05, 0) is 61.2 Å². The number of nitrogens with zero attached hydrogens (tertiary/aromatic N) is 4. The van der Waals surface area contributed by atoms with Gasteiger partial charge in [0.1, 0.15) is 12.4 Å². The number of rotatable bonds is 13. The van der Waals surface area contributed by atoms with Crippen LogP contribution in [0.25, 0.3) is 33.2 Å². The van der Waals surface area contributed by atoms with E-state index in [9.17, 15) is 9.90 Å². The maximum absolute atomic E-state index is 13.3. The third kappa shape index (κ3) is 7.31. The average molecular weight is 690 g/mol. The topological polar surface area (TPSA) is 123 Å². The number of thioether (sulfide) groups is 1. The van der Waals surface area contributed by atoms with Crippen LogP contribution in [0.3, 0.4) is 0 Å². The molecule has 258 valence electrons. The van der Waals surface area contributed by atoms with Crippen LogP contribution in [0.15, 0.2) is 90.0 Å². The molecule has 0 bridgehead atoms. The molecule has 3 heterocycles. The number of nitrogens with one attached hydrogen (secondary N) is 1. The molecular weight excluding hydrogens is 647 g/mol. The fourth-order valence-electron chi connectivity index (χ4n) is 6.54. The molecule has 0 saturated heterocycles. The molecular formula is C40H43N5O4S. The zero-order chi connectivity index (χ0) is 35.5. The average Bonchev–Trinajstić information content (AvgIpc) is 3.46. The highest BCUT2D eigenvalue weighted by molar-refractivity contribution is 8.00. The number of H-pyrrole nitrogens is 1. The van der Waals surface area contributed by atoms with Crippen LogP contribution in [0.5, 0.6) is 11.6 Å². The fourth-order valence-corrected chi connectivity index (χ4v) is 7.73. The van der Waals surface area contributed by atoms with Gasteiger partial charge in [0.05, 0.1) is 41.1 Å². The molecule has 10 heteroatoms. The summed E-state index contributed by atoms with van der Waals surface area (Å²) in [6.45, 7) is 10.8. The number of para-hydroxylation sites is 2. The first-order valence-electron chi connectivity index (χ1n) is 16.9. The van der Waals surface area contributed by atoms with Gasteiger partial charge >= 0.3 is 5.97 Å². The smallest absolute Gasteiger partial charge is 0.310 e. The quantitative estimate of drug-likeness (QED) is 0.114. The third-order valence-corrected chi connectivity index (χ3v) is 10.5. The van der Waals surface area contributed by atoms with Crippen LogP contribution in [0, 0.1) is 5.41 Å². The van der Waals surface area contributed by atoms with Gasteiger partial charge in [-0.2, -0.15) is 0 Å². The number of aromatic nitrogens is 5. The second-order valence-corrected chi connectivity index (χ2v) is 15.3. The Balaban J connectivity index is 1.38. The molecule has 1 atom stereocenters. The molecule has 1 unspecified atom stereocenters. The lowest BCUT2D eigenvalue weighted by molar-refractivity contribution is -0.151. The molecule has 0 amide bonds. The molecule has 2 N–H and O–H groups in total. The van der Waals surface area contributed by atoms with Crippen molar-refractivity contribution in [3.05, 3.63) is 102 Å². The SMILES string of the molecule is CCC(CC)(C(=O)O)C(Cc1ccc(-c2ccc(OC)nn2)cc1)c1[nH]c2ccc(OCc3cnc4ccccc4n3)cc2c1SC(C)(C)C. The van der Waals surface area contributed by atoms with E-state index in [1.165, 1.54) is 0 Å². The molecule has 0 radical (unpaired) electrons. The molecule has 0 aliphatic heterocycles. The Morgan fingerprint density at radius 3 is 2.32 bits per heavy atom. The number of methoxy groups -OCH3 is 1. The summed E-state index contributed by atoms with van der Waals surface area (Å²) < 4.78 is 11.3. The Labute approximate surface area is 296 Å². The van der Waals surface area contributed by atoms with E-state index in [0.29, 0.717) is 30.9 Å². The first-order valence-corrected chi connectivity index (χ1v) is 17.7. The van der Waals surface area contributed by atoms with Crippen molar-refractivity contribution in [2.24, 2.45) is 5.41 Å². The minimum Gasteiger partial charge on any atom is -0.487 e. The Morgan fingerprint density at radius 2 is 1.68 bits per heavy atom. The van der Waals surface area contributed by atoms with Crippen molar-refractivity contribution in [3.63, 3.8) is 0 Å². The minimum atomic E-state index is -0.998. The van der Waals surface area contributed by atoms with Crippen molar-refractivity contribution in [2.75, 3.05) is 7.11 Å². The molecule has 0 spiro atoms. The normalized spacial score (nSPS) is 12.7. The summed E-state index contributed by atoms with van der Waals surface area (Å²) in [5.41, 5.74) is 5.99. The number of carbonyl (C=O) groups is 1. The highest BCUT2D eigenvalue weighted by atomic mass is 32.2. The number of ether oxygens (including phenoxy) is 2. The highest BCUT2D eigenvalue weighted by Gasteiger charge is 2.45. The van der Waals surface area contributed by atoms with Gasteiger partial charge in [-0.1, -0.05) is 71.0 Å². The van der Waals surface area contributed by atoms with Crippen molar-refractivity contribution in [2.45, 2.75) is 76.0 Å². The van der Waals surface area contributed by atoms with Gasteiger partial charge in [-0.3, -0.25) is 9.78 Å². The maximum Gasteiger partial charge on any atom is 0.310 e. The van der Waals surface area contributed by atoms with Crippen LogP contribution < -0.4 is 9.47 Å². The second kappa shape index (κ2) is 14.5. The lowest BCUT2D eigenvalue weighted by Gasteiger charge is -2.36. The van der Waals surface area contributed by atoms with E-state index in [4.69, 9.17) is 14.5 Å². The van der Waals surface area contributed by atoms with E-state index in [-0.39, 0.29) is 17.3 Å². The first-order chi connectivity index (χ1) is 24.0. The van der Waals surface area contributed by atoms with E-state index >= 15 is 0 Å². The lowest BCUT2D eigenvalue weighted by Crippen LogP contribution is -2.38. The number of fused-ring (bicyclic) bond motifs is 2. The predicted octanol–water partition coefficient (Wildman–Crippen LogP) is 9.26. The van der Waals surface area contributed by atoms with Crippen molar-refractivity contribution >= 4 is 39.7 Å². The second-order valence-electron chi connectivity index (χ2n) is 13.5. The van der Waals surface area contributed by atoms with E-state index in [2.05, 4.69) is 59.1 Å². The number of hydrogen-bond acceptors (Lipinski definition) is 8. The highest BCUT2D eigenvalue weighted by Crippen LogP contribution is 2.50. The standard InChI is InChI=1S/C40H43N5O4S/c1-7-40(8-2,38(46)47)30(21-25-13-15-26(16-14-25)31-19-20-35(48-6)45-44-31)36-37(50-39(3,4)5)29-22-28(17-18-32(29)43-36)49-24-27-23-41-33-11-9-10-12-34(33)42-27/h9-20,22-23,30,43H,7-8,21,24H2,1-6H3,(H,46,47). The Kier molecular flexibility index (Phi) is 10.1. The number of benzene rings is 3. The van der Waals surface area contributed by atoms with E-state index in [0.717, 1.165) is 55.0 Å². The van der Waals surface area contributed by atoms with Gasteiger partial charge in [0.25, 0.3) is 0 Å². The summed E-state index contributed by atoms with van der Waals surface area (Å²) in [7, 11) is 1.56. The molecule has 3 aromatic heterocycles. The molecule has 3 aromatic carbocycles. The van der Waals surface area contributed by atoms with Crippen molar-refractivity contribution in [3.8, 4) is 22.9 Å². The van der Waals surface area contributed by atoms with Gasteiger partial charge in [0, 0.05) is 43.8 Å². The molecule has 6 rings (SSSR count). The molecule has 0 aliphatic rings. The van der Waals surface area contributed by atoms with E-state index in [1.54, 1.807) is 31.1 Å². The van der Waals surface area contributed by atoms with Crippen molar-refractivity contribution in [1.29, 1.82) is 0 Å². The Hall–Kier alpha value is -4.96. The number of carboxylic acids is 1. The molecule has 6 aromatic rings. The van der Waals surface area contributed by atoms with Crippen LogP contribution in [-0.2, 0) is 17.8 Å². The number of hydrogen-bond donors (Lipinski definition) is 2. The first kappa shape index (κ1) is 34.9. The summed E-state index contributed by atoms with van der Waals surface area (Å²) in [5.74, 6) is 0.0372. The van der Waals surface area contributed by atoms with Gasteiger partial charge in [-0.25, -0.2) is 4.98 Å². The summed E-state index contributed by atoms with van der Waals surface area (Å²) in [6.07, 6.45) is 3.26. The van der Waals surface area contributed by atoms with Gasteiger partial charge in [-0.15, -0.1) is 22.0 Å². The molecule has 0 aliphatic carbocycles. The lowest BCUT2D eigenvalue weighted by atomic mass is 9.67. The monoisotopic (exact) mass is 689 g/mol. The van der Waals surface area contributed by atoms with Crippen LogP contribution >= 0.6 is 11.8 Å². The predicted molar refractivity (Wildman–Crippen MR) is 199 cm³/mol. The Bertz CT molecular complexity index is 2100. The number of carboxylic acid groups (broad SMARTS) is 1. The zero-order valence-electron chi connectivity index (χ0n) is 29.4. The van der Waals surface area contributed by atoms with Gasteiger partial charge in [0.2, 0.25) is 5.88 Å². The molecule has 0 saturated carbocycles. The van der Waals surface area contributed by atoms with Crippen molar-refractivity contribution < 1.29 is 19.4 Å². The molecule has 50 heavy (non-hydrogen) atoms. The summed E-state index contributed by atoms with van der Waals surface area (Å²) in [6, 6.07) is 25.6. The van der Waals surface area contributed by atoms with Crippen LogP contribution in [0.2, 0.25) is 0 Å². The largest absolute Gasteiger partial charge is 0.487 e. The fraction of sp³-hybridized carbons (Fsp3) is 0.325.